The molecule has 0 unspecified atom stereocenters. The number of nitrogens with zero attached hydrogens (tertiary/aromatic N) is 2. The third-order valence-corrected chi connectivity index (χ3v) is 6.79. The van der Waals surface area contributed by atoms with Crippen LogP contribution >= 0.6 is 0 Å². The number of sulfonamides is 1. The molecule has 0 saturated carbocycles. The first-order chi connectivity index (χ1) is 8.60. The summed E-state index contributed by atoms with van der Waals surface area (Å²) in [7, 11) is -7.38. The van der Waals surface area contributed by atoms with E-state index in [1.807, 2.05) is 4.90 Å². The maximum Gasteiger partial charge on any atom is 0.304 e. The lowest BCUT2D eigenvalue weighted by molar-refractivity contribution is -0.137. The van der Waals surface area contributed by atoms with Crippen molar-refractivity contribution in [1.82, 2.24) is 9.21 Å². The normalized spacial score (nSPS) is 19.4. The minimum absolute atomic E-state index is 0.0100. The molecular weight excluding hydrogens is 296 g/mol. The summed E-state index contributed by atoms with van der Waals surface area (Å²) in [4.78, 5) is 12.3. The van der Waals surface area contributed by atoms with E-state index in [1.165, 1.54) is 0 Å². The van der Waals surface area contributed by atoms with Crippen molar-refractivity contribution in [2.24, 2.45) is 0 Å². The molecule has 10 heteroatoms. The van der Waals surface area contributed by atoms with Gasteiger partial charge in [-0.1, -0.05) is 0 Å². The van der Waals surface area contributed by atoms with Crippen LogP contribution in [0.1, 0.15) is 6.42 Å². The van der Waals surface area contributed by atoms with E-state index in [-0.39, 0.29) is 19.5 Å². The third kappa shape index (κ3) is 5.85. The Morgan fingerprint density at radius 3 is 2.05 bits per heavy atom. The molecule has 0 radical (unpaired) electrons. The first-order valence-electron chi connectivity index (χ1n) is 5.70. The molecule has 1 N–H and O–H groups in total. The Hall–Kier alpha value is -0.710. The molecule has 1 aliphatic rings. The highest BCUT2D eigenvalue weighted by atomic mass is 32.3. The Bertz CT molecular complexity index is 519. The predicted molar refractivity (Wildman–Crippen MR) is 68.9 cm³/mol. The van der Waals surface area contributed by atoms with Crippen molar-refractivity contribution in [2.75, 3.05) is 44.1 Å². The molecule has 0 spiro atoms. The van der Waals surface area contributed by atoms with Crippen molar-refractivity contribution >= 4 is 25.8 Å². The zero-order chi connectivity index (χ0) is 14.7. The van der Waals surface area contributed by atoms with Crippen LogP contribution in [0, 0.1) is 0 Å². The van der Waals surface area contributed by atoms with Crippen LogP contribution in [0.25, 0.3) is 0 Å². The van der Waals surface area contributed by atoms with E-state index in [0.29, 0.717) is 19.6 Å². The zero-order valence-corrected chi connectivity index (χ0v) is 12.3. The van der Waals surface area contributed by atoms with Crippen LogP contribution in [0.15, 0.2) is 0 Å². The second-order valence-corrected chi connectivity index (χ2v) is 9.01. The van der Waals surface area contributed by atoms with E-state index in [2.05, 4.69) is 0 Å². The second-order valence-electron chi connectivity index (χ2n) is 4.54. The maximum absolute atomic E-state index is 11.8. The van der Waals surface area contributed by atoms with Crippen molar-refractivity contribution in [3.05, 3.63) is 0 Å². The first-order valence-corrected chi connectivity index (χ1v) is 9.37. The Kier molecular flexibility index (Phi) is 5.30. The monoisotopic (exact) mass is 314 g/mol. The number of sulfone groups is 1. The van der Waals surface area contributed by atoms with Crippen LogP contribution in [-0.2, 0) is 24.7 Å². The number of carbonyl (C=O) groups is 1. The molecule has 8 nitrogen and oxygen atoms in total. The summed E-state index contributed by atoms with van der Waals surface area (Å²) in [5.41, 5.74) is 0. The molecule has 1 aliphatic heterocycles. The summed E-state index contributed by atoms with van der Waals surface area (Å²) in [6.45, 7) is 1.58. The Balaban J connectivity index is 2.52. The minimum Gasteiger partial charge on any atom is -0.481 e. The largest absolute Gasteiger partial charge is 0.481 e. The van der Waals surface area contributed by atoms with Gasteiger partial charge in [0.05, 0.1) is 6.42 Å². The van der Waals surface area contributed by atoms with Gasteiger partial charge in [-0.3, -0.25) is 4.79 Å². The molecule has 112 valence electrons. The fourth-order valence-corrected chi connectivity index (χ4v) is 5.31. The number of piperazine rings is 1. The van der Waals surface area contributed by atoms with Crippen LogP contribution < -0.4 is 0 Å². The fourth-order valence-electron chi connectivity index (χ4n) is 1.83. The molecule has 0 aliphatic carbocycles. The molecule has 19 heavy (non-hydrogen) atoms. The van der Waals surface area contributed by atoms with Gasteiger partial charge in [0.25, 0.3) is 0 Å². The smallest absolute Gasteiger partial charge is 0.304 e. The summed E-state index contributed by atoms with van der Waals surface area (Å²) >= 11 is 0. The lowest BCUT2D eigenvalue weighted by Crippen LogP contribution is -2.50. The maximum atomic E-state index is 11.8. The molecule has 0 aromatic carbocycles. The number of carboxylic acids is 1. The van der Waals surface area contributed by atoms with Crippen LogP contribution in [0.4, 0.5) is 0 Å². The summed E-state index contributed by atoms with van der Waals surface area (Å²) in [5, 5.41) is 7.67. The number of aliphatic carboxylic acids is 1. The third-order valence-electron chi connectivity index (χ3n) is 2.73. The molecule has 0 bridgehead atoms. The molecule has 1 fully saturated rings. The minimum atomic E-state index is -3.79. The molecule has 1 rings (SSSR count). The van der Waals surface area contributed by atoms with Crippen LogP contribution in [-0.4, -0.2) is 81.2 Å². The van der Waals surface area contributed by atoms with E-state index >= 15 is 0 Å². The Labute approximate surface area is 113 Å². The highest BCUT2D eigenvalue weighted by Gasteiger charge is 2.29. The van der Waals surface area contributed by atoms with Crippen molar-refractivity contribution in [3.8, 4) is 0 Å². The predicted octanol–water partition coefficient (Wildman–Crippen LogP) is -1.59. The van der Waals surface area contributed by atoms with Crippen LogP contribution in [0.3, 0.4) is 0 Å². The van der Waals surface area contributed by atoms with E-state index in [4.69, 9.17) is 5.11 Å². The van der Waals surface area contributed by atoms with Gasteiger partial charge < -0.3 is 10.0 Å². The number of hydrogen-bond donors (Lipinski definition) is 1. The molecule has 0 atom stereocenters. The molecular formula is C9H18N2O6S2. The van der Waals surface area contributed by atoms with Crippen LogP contribution in [0.5, 0.6) is 0 Å². The van der Waals surface area contributed by atoms with Crippen molar-refractivity contribution in [3.63, 3.8) is 0 Å². The molecule has 0 aromatic heterocycles. The van der Waals surface area contributed by atoms with Gasteiger partial charge in [-0.15, -0.1) is 0 Å². The van der Waals surface area contributed by atoms with Gasteiger partial charge in [-0.25, -0.2) is 16.8 Å². The highest BCUT2D eigenvalue weighted by Crippen LogP contribution is 2.10. The van der Waals surface area contributed by atoms with Gasteiger partial charge in [0.1, 0.15) is 0 Å². The number of carboxylic acid groups (broad SMARTS) is 1. The van der Waals surface area contributed by atoms with Gasteiger partial charge >= 0.3 is 5.97 Å². The van der Waals surface area contributed by atoms with Gasteiger partial charge in [-0.05, 0) is 0 Å². The Morgan fingerprint density at radius 1 is 1.11 bits per heavy atom. The average molecular weight is 314 g/mol. The fraction of sp³-hybridized carbons (Fsp3) is 0.889. The standard InChI is InChI=1S/C9H18N2O6S2/c1-18(14,15)8-19(16,17)11-6-4-10(5-7-11)3-2-9(12)13/h2-8H2,1H3,(H,12,13). The van der Waals surface area contributed by atoms with E-state index in [0.717, 1.165) is 10.6 Å². The molecule has 0 aromatic rings. The summed E-state index contributed by atoms with van der Waals surface area (Å²) < 4.78 is 46.9. The summed E-state index contributed by atoms with van der Waals surface area (Å²) in [5.74, 6) is -0.896. The zero-order valence-electron chi connectivity index (χ0n) is 10.6. The van der Waals surface area contributed by atoms with E-state index < -0.39 is 30.9 Å². The molecule has 0 amide bonds. The number of hydrogen-bond acceptors (Lipinski definition) is 6. The van der Waals surface area contributed by atoms with Crippen LogP contribution in [0.2, 0.25) is 0 Å². The first kappa shape index (κ1) is 16.3. The SMILES string of the molecule is CS(=O)(=O)CS(=O)(=O)N1CCN(CCC(=O)O)CC1. The van der Waals surface area contributed by atoms with Gasteiger partial charge in [0, 0.05) is 39.0 Å². The Morgan fingerprint density at radius 2 is 1.63 bits per heavy atom. The van der Waals surface area contributed by atoms with Crippen molar-refractivity contribution < 1.29 is 26.7 Å². The van der Waals surface area contributed by atoms with Gasteiger partial charge in [0.15, 0.2) is 14.9 Å². The summed E-state index contributed by atoms with van der Waals surface area (Å²) in [6.07, 6.45) is 0.893. The summed E-state index contributed by atoms with van der Waals surface area (Å²) in [6, 6.07) is 0. The molecule has 1 heterocycles. The second kappa shape index (κ2) is 6.16. The number of rotatable bonds is 6. The quantitative estimate of drug-likeness (QED) is 0.629. The van der Waals surface area contributed by atoms with E-state index in [1.54, 1.807) is 0 Å². The average Bonchev–Trinajstić information content (AvgIpc) is 2.23. The highest BCUT2D eigenvalue weighted by molar-refractivity contribution is 8.06. The van der Waals surface area contributed by atoms with Crippen molar-refractivity contribution in [2.45, 2.75) is 6.42 Å². The van der Waals surface area contributed by atoms with Gasteiger partial charge in [-0.2, -0.15) is 4.31 Å². The lowest BCUT2D eigenvalue weighted by Gasteiger charge is -2.33. The molecule has 1 saturated heterocycles. The lowest BCUT2D eigenvalue weighted by atomic mass is 10.3. The van der Waals surface area contributed by atoms with Gasteiger partial charge in [0.2, 0.25) is 10.0 Å². The van der Waals surface area contributed by atoms with Crippen molar-refractivity contribution in [1.29, 1.82) is 0 Å². The van der Waals surface area contributed by atoms with E-state index in [9.17, 15) is 21.6 Å². The topological polar surface area (TPSA) is 112 Å².